The van der Waals surface area contributed by atoms with E-state index in [-0.39, 0.29) is 11.6 Å². The van der Waals surface area contributed by atoms with Gasteiger partial charge in [-0.2, -0.15) is 5.10 Å². The molecular formula is C25H27FN6O. The first-order valence-electron chi connectivity index (χ1n) is 11.2. The van der Waals surface area contributed by atoms with Crippen LogP contribution in [0.1, 0.15) is 18.2 Å². The van der Waals surface area contributed by atoms with Crippen molar-refractivity contribution in [3.8, 4) is 28.4 Å². The molecule has 1 aliphatic heterocycles. The van der Waals surface area contributed by atoms with Gasteiger partial charge in [-0.15, -0.1) is 0 Å². The summed E-state index contributed by atoms with van der Waals surface area (Å²) in [4.78, 5) is 10.3. The van der Waals surface area contributed by atoms with Gasteiger partial charge in [-0.25, -0.2) is 9.37 Å². The Labute approximate surface area is 191 Å². The maximum Gasteiger partial charge on any atom is 0.159 e. The highest BCUT2D eigenvalue weighted by Crippen LogP contribution is 2.35. The van der Waals surface area contributed by atoms with E-state index in [1.165, 1.54) is 5.57 Å². The first kappa shape index (κ1) is 21.4. The van der Waals surface area contributed by atoms with Gasteiger partial charge in [0.1, 0.15) is 17.0 Å². The lowest BCUT2D eigenvalue weighted by atomic mass is 9.96. The summed E-state index contributed by atoms with van der Waals surface area (Å²) in [5.41, 5.74) is 5.14. The molecule has 1 aliphatic rings. The van der Waals surface area contributed by atoms with Gasteiger partial charge in [0, 0.05) is 43.3 Å². The van der Waals surface area contributed by atoms with Crippen molar-refractivity contribution in [2.45, 2.75) is 13.3 Å². The van der Waals surface area contributed by atoms with Crippen LogP contribution in [0.5, 0.6) is 5.75 Å². The number of nitrogens with zero attached hydrogens (tertiary/aromatic N) is 3. The maximum absolute atomic E-state index is 15.5. The molecule has 0 saturated heterocycles. The molecule has 0 radical (unpaired) electrons. The molecule has 4 N–H and O–H groups in total. The number of fused-ring (bicyclic) bond motifs is 1. The average Bonchev–Trinajstić information content (AvgIpc) is 3.57. The zero-order valence-corrected chi connectivity index (χ0v) is 18.7. The van der Waals surface area contributed by atoms with Crippen molar-refractivity contribution < 1.29 is 9.50 Å². The highest BCUT2D eigenvalue weighted by molar-refractivity contribution is 5.95. The van der Waals surface area contributed by atoms with Gasteiger partial charge < -0.3 is 15.4 Å². The van der Waals surface area contributed by atoms with Gasteiger partial charge in [-0.05, 0) is 48.4 Å². The summed E-state index contributed by atoms with van der Waals surface area (Å²) in [6, 6.07) is 8.65. The first-order chi connectivity index (χ1) is 16.1. The average molecular weight is 447 g/mol. The molecule has 170 valence electrons. The first-order valence-corrected chi connectivity index (χ1v) is 11.2. The minimum absolute atomic E-state index is 0.178. The number of phenolic OH excluding ortho intramolecular Hbond substituents is 1. The molecule has 2 aromatic carbocycles. The van der Waals surface area contributed by atoms with Crippen LogP contribution in [0.3, 0.4) is 0 Å². The van der Waals surface area contributed by atoms with Gasteiger partial charge in [0.25, 0.3) is 0 Å². The summed E-state index contributed by atoms with van der Waals surface area (Å²) in [6.45, 7) is 5.69. The third kappa shape index (κ3) is 3.92. The summed E-state index contributed by atoms with van der Waals surface area (Å²) in [5.74, 6) is 0.422. The highest BCUT2D eigenvalue weighted by Gasteiger charge is 2.21. The molecule has 0 aliphatic carbocycles. The van der Waals surface area contributed by atoms with Crippen LogP contribution in [-0.4, -0.2) is 63.4 Å². The number of halogens is 1. The van der Waals surface area contributed by atoms with Crippen LogP contribution >= 0.6 is 0 Å². The fourth-order valence-corrected chi connectivity index (χ4v) is 4.42. The number of hydrogen-bond acceptors (Lipinski definition) is 5. The van der Waals surface area contributed by atoms with E-state index in [9.17, 15) is 5.11 Å². The summed E-state index contributed by atoms with van der Waals surface area (Å²) >= 11 is 0. The number of rotatable bonds is 7. The number of aryl methyl sites for hydroxylation is 1. The van der Waals surface area contributed by atoms with E-state index < -0.39 is 0 Å². The Kier molecular flexibility index (Phi) is 5.70. The highest BCUT2D eigenvalue weighted by atomic mass is 19.1. The SMILES string of the molecule is CCc1cc(O)ccc1-c1ccc2c(-c3nc(C4=CCN(CCNC)C4)c[nH]3)n[nH]c2c1F. The van der Waals surface area contributed by atoms with E-state index in [0.29, 0.717) is 34.4 Å². The third-order valence-corrected chi connectivity index (χ3v) is 6.24. The van der Waals surface area contributed by atoms with Crippen LogP contribution in [-0.2, 0) is 6.42 Å². The number of H-pyrrole nitrogens is 2. The molecule has 0 unspecified atom stereocenters. The van der Waals surface area contributed by atoms with Gasteiger partial charge >= 0.3 is 0 Å². The van der Waals surface area contributed by atoms with Crippen molar-refractivity contribution in [1.29, 1.82) is 0 Å². The minimum atomic E-state index is -0.364. The molecule has 4 aromatic rings. The number of aromatic amines is 2. The lowest BCUT2D eigenvalue weighted by molar-refractivity contribution is 0.356. The van der Waals surface area contributed by atoms with E-state index in [1.807, 2.05) is 26.2 Å². The number of likely N-dealkylation sites (N-methyl/N-ethyl adjacent to an activating group) is 1. The largest absolute Gasteiger partial charge is 0.508 e. The molecule has 0 fully saturated rings. The molecule has 0 spiro atoms. The van der Waals surface area contributed by atoms with Crippen molar-refractivity contribution in [3.63, 3.8) is 0 Å². The van der Waals surface area contributed by atoms with Crippen LogP contribution < -0.4 is 5.32 Å². The molecule has 8 heteroatoms. The second kappa shape index (κ2) is 8.80. The number of hydrogen-bond donors (Lipinski definition) is 4. The zero-order chi connectivity index (χ0) is 22.9. The minimum Gasteiger partial charge on any atom is -0.508 e. The van der Waals surface area contributed by atoms with Crippen molar-refractivity contribution in [2.24, 2.45) is 0 Å². The monoisotopic (exact) mass is 446 g/mol. The van der Waals surface area contributed by atoms with Crippen molar-refractivity contribution in [1.82, 2.24) is 30.4 Å². The topological polar surface area (TPSA) is 92.9 Å². The molecule has 0 saturated carbocycles. The molecule has 33 heavy (non-hydrogen) atoms. The Morgan fingerprint density at radius 2 is 2.06 bits per heavy atom. The Hall–Kier alpha value is -3.49. The van der Waals surface area contributed by atoms with Gasteiger partial charge in [0.2, 0.25) is 0 Å². The second-order valence-corrected chi connectivity index (χ2v) is 8.32. The molecule has 2 aromatic heterocycles. The quantitative estimate of drug-likeness (QED) is 0.345. The van der Waals surface area contributed by atoms with Gasteiger partial charge in [0.15, 0.2) is 11.6 Å². The molecule has 7 nitrogen and oxygen atoms in total. The van der Waals surface area contributed by atoms with Crippen LogP contribution in [0.25, 0.3) is 39.1 Å². The van der Waals surface area contributed by atoms with Crippen LogP contribution in [0.15, 0.2) is 42.6 Å². The summed E-state index contributed by atoms with van der Waals surface area (Å²) < 4.78 is 15.5. The normalized spacial score (nSPS) is 14.3. The van der Waals surface area contributed by atoms with Crippen LogP contribution in [0, 0.1) is 5.82 Å². The van der Waals surface area contributed by atoms with Crippen LogP contribution in [0.4, 0.5) is 4.39 Å². The van der Waals surface area contributed by atoms with E-state index in [1.54, 1.807) is 24.3 Å². The number of nitrogens with one attached hydrogen (secondary N) is 3. The van der Waals surface area contributed by atoms with E-state index >= 15 is 4.39 Å². The lowest BCUT2D eigenvalue weighted by Crippen LogP contribution is -2.29. The molecule has 0 atom stereocenters. The Bertz CT molecular complexity index is 1340. The number of phenols is 1. The number of aromatic nitrogens is 4. The molecule has 0 amide bonds. The summed E-state index contributed by atoms with van der Waals surface area (Å²) in [7, 11) is 1.96. The fraction of sp³-hybridized carbons (Fsp3) is 0.280. The number of aromatic hydroxyl groups is 1. The molecule has 3 heterocycles. The van der Waals surface area contributed by atoms with E-state index in [4.69, 9.17) is 4.98 Å². The van der Waals surface area contributed by atoms with Crippen molar-refractivity contribution in [3.05, 3.63) is 59.7 Å². The van der Waals surface area contributed by atoms with Crippen LogP contribution in [0.2, 0.25) is 0 Å². The molecular weight excluding hydrogens is 419 g/mol. The molecule has 0 bridgehead atoms. The second-order valence-electron chi connectivity index (χ2n) is 8.32. The van der Waals surface area contributed by atoms with Gasteiger partial charge in [0.05, 0.1) is 5.69 Å². The van der Waals surface area contributed by atoms with Crippen molar-refractivity contribution in [2.75, 3.05) is 33.2 Å². The van der Waals surface area contributed by atoms with E-state index in [2.05, 4.69) is 31.5 Å². The Morgan fingerprint density at radius 1 is 1.21 bits per heavy atom. The lowest BCUT2D eigenvalue weighted by Gasteiger charge is -2.14. The van der Waals surface area contributed by atoms with Gasteiger partial charge in [-0.1, -0.05) is 25.1 Å². The fourth-order valence-electron chi connectivity index (χ4n) is 4.42. The standard InChI is InChI=1S/C25H27FN6O/c1-3-15-12-17(33)4-5-18(15)19-6-7-20-23(22(19)26)30-31-24(20)25-28-13-21(29-25)16-8-10-32(14-16)11-9-27-2/h4-8,12-13,27,33H,3,9-11,14H2,1-2H3,(H,28,29)(H,30,31). The summed E-state index contributed by atoms with van der Waals surface area (Å²) in [5, 5.41) is 20.9. The maximum atomic E-state index is 15.5. The number of benzene rings is 2. The van der Waals surface area contributed by atoms with Gasteiger partial charge in [-0.3, -0.25) is 10.00 Å². The van der Waals surface area contributed by atoms with Crippen molar-refractivity contribution >= 4 is 16.5 Å². The zero-order valence-electron chi connectivity index (χ0n) is 18.7. The Balaban J connectivity index is 1.45. The molecule has 5 rings (SSSR count). The third-order valence-electron chi connectivity index (χ3n) is 6.24. The summed E-state index contributed by atoms with van der Waals surface area (Å²) in [6.07, 6.45) is 4.78. The Morgan fingerprint density at radius 3 is 2.88 bits per heavy atom. The predicted molar refractivity (Wildman–Crippen MR) is 128 cm³/mol. The smallest absolute Gasteiger partial charge is 0.159 e. The number of imidazole rings is 1. The predicted octanol–water partition coefficient (Wildman–Crippen LogP) is 3.95. The van der Waals surface area contributed by atoms with E-state index in [0.717, 1.165) is 43.0 Å².